The van der Waals surface area contributed by atoms with Gasteiger partial charge in [0.1, 0.15) is 6.10 Å². The van der Waals surface area contributed by atoms with E-state index in [2.05, 4.69) is 99.0 Å². The fourth-order valence-corrected chi connectivity index (χ4v) is 6.18. The molecule has 0 aromatic rings. The summed E-state index contributed by atoms with van der Waals surface area (Å²) in [6.45, 7) is 6.17. The summed E-state index contributed by atoms with van der Waals surface area (Å²) in [7, 11) is 0. The fourth-order valence-electron chi connectivity index (χ4n) is 6.18. The quantitative estimate of drug-likeness (QED) is 0.0252. The molecule has 0 aliphatic rings. The van der Waals surface area contributed by atoms with E-state index in [-0.39, 0.29) is 24.9 Å². The molecule has 0 aromatic heterocycles. The first-order chi connectivity index (χ1) is 27.0. The van der Waals surface area contributed by atoms with E-state index in [0.717, 1.165) is 103 Å². The Kier molecular flexibility index (Phi) is 39.9. The predicted octanol–water partition coefficient (Wildman–Crippen LogP) is 12.8. The molecule has 3 N–H and O–H groups in total. The number of hydrogen-bond acceptors (Lipinski definition) is 5. The van der Waals surface area contributed by atoms with E-state index >= 15 is 0 Å². The first-order valence-electron chi connectivity index (χ1n) is 22.3. The molecule has 0 spiro atoms. The summed E-state index contributed by atoms with van der Waals surface area (Å²) in [5.41, 5.74) is 0. The van der Waals surface area contributed by atoms with E-state index in [9.17, 15) is 19.8 Å². The van der Waals surface area contributed by atoms with E-state index < -0.39 is 18.2 Å². The lowest BCUT2D eigenvalue weighted by atomic mass is 10.0. The molecule has 3 atom stereocenters. The Morgan fingerprint density at radius 1 is 0.564 bits per heavy atom. The minimum atomic E-state index is -0.804. The number of nitrogens with one attached hydrogen (secondary N) is 1. The minimum absolute atomic E-state index is 0.0365. The Labute approximate surface area is 338 Å². The van der Waals surface area contributed by atoms with Crippen molar-refractivity contribution in [2.24, 2.45) is 0 Å². The smallest absolute Gasteiger partial charge is 0.306 e. The summed E-state index contributed by atoms with van der Waals surface area (Å²) in [5.74, 6) is -0.558. The first kappa shape index (κ1) is 52.0. The van der Waals surface area contributed by atoms with Crippen molar-refractivity contribution < 1.29 is 24.5 Å². The van der Waals surface area contributed by atoms with Gasteiger partial charge in [-0.05, 0) is 83.5 Å². The molecule has 0 rings (SSSR count). The maximum Gasteiger partial charge on any atom is 0.306 e. The largest absolute Gasteiger partial charge is 0.462 e. The van der Waals surface area contributed by atoms with Crippen molar-refractivity contribution in [1.29, 1.82) is 0 Å². The highest BCUT2D eigenvalue weighted by molar-refractivity contribution is 5.77. The molecule has 314 valence electrons. The van der Waals surface area contributed by atoms with Crippen molar-refractivity contribution in [2.75, 3.05) is 6.61 Å². The predicted molar refractivity (Wildman–Crippen MR) is 236 cm³/mol. The van der Waals surface area contributed by atoms with Crippen LogP contribution in [0.1, 0.15) is 188 Å². The average Bonchev–Trinajstić information content (AvgIpc) is 3.18. The highest BCUT2D eigenvalue weighted by atomic mass is 16.5. The summed E-state index contributed by atoms with van der Waals surface area (Å²) < 4.78 is 5.86. The van der Waals surface area contributed by atoms with Gasteiger partial charge in [0.25, 0.3) is 0 Å². The number of amides is 1. The monoisotopic (exact) mass is 766 g/mol. The number of ether oxygens (including phenoxy) is 1. The molecule has 0 radical (unpaired) electrons. The minimum Gasteiger partial charge on any atom is -0.462 e. The fraction of sp³-hybridized carbons (Fsp3) is 0.673. The SMILES string of the molecule is CC/C=C/C=C/C=C\CCCCCC(CC(=O)NC(CO)C(O)CCCCCCCCCCC)OC(=O)CCCCC/C=C/C/C=C/C/C=C/C/C=C/CC. The van der Waals surface area contributed by atoms with Gasteiger partial charge in [-0.2, -0.15) is 0 Å². The van der Waals surface area contributed by atoms with E-state index in [1.165, 1.54) is 38.5 Å². The molecular formula is C49H83NO5. The Morgan fingerprint density at radius 3 is 1.69 bits per heavy atom. The molecule has 0 aromatic carbocycles. The molecular weight excluding hydrogens is 683 g/mol. The number of esters is 1. The molecule has 6 nitrogen and oxygen atoms in total. The molecule has 55 heavy (non-hydrogen) atoms. The van der Waals surface area contributed by atoms with Crippen molar-refractivity contribution in [3.63, 3.8) is 0 Å². The summed E-state index contributed by atoms with van der Waals surface area (Å²) in [5, 5.41) is 23.5. The molecule has 0 saturated carbocycles. The number of unbranched alkanes of at least 4 members (excludes halogenated alkanes) is 14. The lowest BCUT2D eigenvalue weighted by molar-refractivity contribution is -0.151. The van der Waals surface area contributed by atoms with Gasteiger partial charge in [-0.1, -0.05) is 176 Å². The molecule has 0 heterocycles. The van der Waals surface area contributed by atoms with Gasteiger partial charge in [-0.25, -0.2) is 0 Å². The molecule has 0 saturated heterocycles. The summed E-state index contributed by atoms with van der Waals surface area (Å²) >= 11 is 0. The molecule has 0 aliphatic carbocycles. The van der Waals surface area contributed by atoms with Crippen molar-refractivity contribution in [3.05, 3.63) is 85.1 Å². The van der Waals surface area contributed by atoms with Gasteiger partial charge in [-0.3, -0.25) is 9.59 Å². The Morgan fingerprint density at radius 2 is 1.07 bits per heavy atom. The van der Waals surface area contributed by atoms with Crippen molar-refractivity contribution in [1.82, 2.24) is 5.32 Å². The number of carbonyl (C=O) groups excluding carboxylic acids is 2. The zero-order chi connectivity index (χ0) is 40.3. The van der Waals surface area contributed by atoms with Gasteiger partial charge >= 0.3 is 5.97 Å². The van der Waals surface area contributed by atoms with Crippen LogP contribution in [0.3, 0.4) is 0 Å². The van der Waals surface area contributed by atoms with Gasteiger partial charge in [0.05, 0.1) is 25.2 Å². The highest BCUT2D eigenvalue weighted by Gasteiger charge is 2.24. The van der Waals surface area contributed by atoms with Crippen LogP contribution in [0.5, 0.6) is 0 Å². The second-order valence-corrected chi connectivity index (χ2v) is 14.7. The number of rotatable bonds is 38. The van der Waals surface area contributed by atoms with E-state index in [1.54, 1.807) is 0 Å². The molecule has 6 heteroatoms. The Hall–Kier alpha value is -2.96. The van der Waals surface area contributed by atoms with Crippen LogP contribution in [0.2, 0.25) is 0 Å². The van der Waals surface area contributed by atoms with Crippen LogP contribution >= 0.6 is 0 Å². The number of aliphatic hydroxyl groups excluding tert-OH is 2. The van der Waals surface area contributed by atoms with Crippen LogP contribution in [0, 0.1) is 0 Å². The Bertz CT molecular complexity index is 1080. The van der Waals surface area contributed by atoms with Crippen LogP contribution in [0.15, 0.2) is 85.1 Å². The van der Waals surface area contributed by atoms with E-state index in [1.807, 2.05) is 12.2 Å². The van der Waals surface area contributed by atoms with Gasteiger partial charge in [0.15, 0.2) is 0 Å². The second kappa shape index (κ2) is 42.2. The van der Waals surface area contributed by atoms with Crippen LogP contribution in [-0.4, -0.2) is 46.9 Å². The highest BCUT2D eigenvalue weighted by Crippen LogP contribution is 2.16. The zero-order valence-corrected chi connectivity index (χ0v) is 35.5. The molecule has 0 aliphatic heterocycles. The lowest BCUT2D eigenvalue weighted by Gasteiger charge is -2.24. The zero-order valence-electron chi connectivity index (χ0n) is 35.5. The maximum atomic E-state index is 13.1. The second-order valence-electron chi connectivity index (χ2n) is 14.7. The van der Waals surface area contributed by atoms with Crippen LogP contribution in [0.4, 0.5) is 0 Å². The van der Waals surface area contributed by atoms with Crippen molar-refractivity contribution in [3.8, 4) is 0 Å². The number of aliphatic hydroxyl groups is 2. The molecule has 3 unspecified atom stereocenters. The first-order valence-corrected chi connectivity index (χ1v) is 22.3. The van der Waals surface area contributed by atoms with Crippen LogP contribution < -0.4 is 5.32 Å². The third-order valence-corrected chi connectivity index (χ3v) is 9.53. The topological polar surface area (TPSA) is 95.9 Å². The lowest BCUT2D eigenvalue weighted by Crippen LogP contribution is -2.46. The molecule has 0 bridgehead atoms. The van der Waals surface area contributed by atoms with Crippen LogP contribution in [0.25, 0.3) is 0 Å². The molecule has 0 fully saturated rings. The van der Waals surface area contributed by atoms with Crippen molar-refractivity contribution in [2.45, 2.75) is 206 Å². The van der Waals surface area contributed by atoms with Crippen LogP contribution in [-0.2, 0) is 14.3 Å². The maximum absolute atomic E-state index is 13.1. The Balaban J connectivity index is 4.70. The van der Waals surface area contributed by atoms with Gasteiger partial charge in [-0.15, -0.1) is 0 Å². The summed E-state index contributed by atoms with van der Waals surface area (Å²) in [6.07, 6.45) is 53.6. The summed E-state index contributed by atoms with van der Waals surface area (Å²) in [6, 6.07) is -0.721. The standard InChI is InChI=1S/C49H83NO5/c1-4-7-10-13-16-19-21-22-23-24-25-27-30-33-36-39-42-49(54)55-45(40-37-34-31-29-26-20-17-14-11-8-5-2)43-48(53)50-46(44-51)47(52)41-38-35-32-28-18-15-12-9-6-3/h7-8,10-11,14,16-17,19-20,22-23,25-27,45-47,51-52H,4-6,9,12-13,15,18,21,24,28-44H2,1-3H3,(H,50,53)/b10-7+,11-8+,17-14+,19-16+,23-22+,26-20-,27-25+. The average molecular weight is 766 g/mol. The number of hydrogen-bond donors (Lipinski definition) is 3. The van der Waals surface area contributed by atoms with Gasteiger partial charge in [0, 0.05) is 6.42 Å². The number of allylic oxidation sites excluding steroid dienone is 14. The normalized spacial score (nSPS) is 14.2. The number of carbonyl (C=O) groups is 2. The van der Waals surface area contributed by atoms with Gasteiger partial charge < -0.3 is 20.3 Å². The third kappa shape index (κ3) is 37.7. The summed E-state index contributed by atoms with van der Waals surface area (Å²) in [4.78, 5) is 25.9. The van der Waals surface area contributed by atoms with Gasteiger partial charge in [0.2, 0.25) is 5.91 Å². The molecule has 1 amide bonds. The van der Waals surface area contributed by atoms with E-state index in [4.69, 9.17) is 4.74 Å². The third-order valence-electron chi connectivity index (χ3n) is 9.53. The van der Waals surface area contributed by atoms with E-state index in [0.29, 0.717) is 19.3 Å². The van der Waals surface area contributed by atoms with Crippen molar-refractivity contribution >= 4 is 11.9 Å².